The molecule has 2 aliphatic rings. The number of halogens is 1. The third kappa shape index (κ3) is 3.18. The molecule has 1 amide bonds. The summed E-state index contributed by atoms with van der Waals surface area (Å²) in [4.78, 5) is 13.1. The second-order valence-corrected chi connectivity index (χ2v) is 7.41. The van der Waals surface area contributed by atoms with Gasteiger partial charge < -0.3 is 10.1 Å². The number of carbonyl (C=O) groups is 1. The Hall–Kier alpha value is -1.85. The highest BCUT2D eigenvalue weighted by atomic mass is 35.5. The molecule has 2 heterocycles. The van der Waals surface area contributed by atoms with Crippen LogP contribution in [-0.2, 0) is 14.9 Å². The Labute approximate surface area is 152 Å². The van der Waals surface area contributed by atoms with Crippen molar-refractivity contribution in [1.82, 2.24) is 9.78 Å². The van der Waals surface area contributed by atoms with Gasteiger partial charge in [-0.2, -0.15) is 5.10 Å². The molecular formula is C19H22ClN3O2. The highest BCUT2D eigenvalue weighted by Gasteiger charge is 2.42. The van der Waals surface area contributed by atoms with E-state index >= 15 is 0 Å². The second kappa shape index (κ2) is 6.81. The molecule has 0 unspecified atom stereocenters. The van der Waals surface area contributed by atoms with E-state index in [-0.39, 0.29) is 11.9 Å². The number of rotatable bonds is 4. The molecule has 0 spiro atoms. The fraction of sp³-hybridized carbons (Fsp3) is 0.474. The molecule has 5 nitrogen and oxygen atoms in total. The quantitative estimate of drug-likeness (QED) is 0.899. The number of benzene rings is 1. The van der Waals surface area contributed by atoms with Crippen LogP contribution in [0.25, 0.3) is 0 Å². The summed E-state index contributed by atoms with van der Waals surface area (Å²) in [7, 11) is 0. The number of nitrogens with one attached hydrogen (secondary N) is 1. The molecule has 1 aromatic heterocycles. The molecule has 1 atom stereocenters. The molecule has 132 valence electrons. The van der Waals surface area contributed by atoms with Gasteiger partial charge in [0.2, 0.25) is 5.91 Å². The van der Waals surface area contributed by atoms with Crippen LogP contribution in [0.15, 0.2) is 36.7 Å². The summed E-state index contributed by atoms with van der Waals surface area (Å²) in [6, 6.07) is 7.95. The summed E-state index contributed by atoms with van der Waals surface area (Å²) in [6.45, 7) is 1.45. The molecule has 0 radical (unpaired) electrons. The fourth-order valence-electron chi connectivity index (χ4n) is 3.98. The minimum Gasteiger partial charge on any atom is -0.379 e. The normalized spacial score (nSPS) is 22.2. The predicted molar refractivity (Wildman–Crippen MR) is 96.9 cm³/mol. The number of aromatic nitrogens is 2. The van der Waals surface area contributed by atoms with E-state index in [1.165, 1.54) is 0 Å². The van der Waals surface area contributed by atoms with E-state index in [2.05, 4.69) is 10.4 Å². The van der Waals surface area contributed by atoms with Crippen molar-refractivity contribution in [2.45, 2.75) is 43.6 Å². The van der Waals surface area contributed by atoms with E-state index in [4.69, 9.17) is 16.3 Å². The zero-order chi connectivity index (χ0) is 17.3. The van der Waals surface area contributed by atoms with Crippen LogP contribution < -0.4 is 5.32 Å². The van der Waals surface area contributed by atoms with E-state index in [9.17, 15) is 4.79 Å². The largest absolute Gasteiger partial charge is 0.379 e. The Morgan fingerprint density at radius 3 is 2.72 bits per heavy atom. The van der Waals surface area contributed by atoms with Gasteiger partial charge in [-0.25, -0.2) is 0 Å². The lowest BCUT2D eigenvalue weighted by molar-refractivity contribution is -0.121. The summed E-state index contributed by atoms with van der Waals surface area (Å²) >= 11 is 6.02. The van der Waals surface area contributed by atoms with Crippen molar-refractivity contribution in [3.05, 3.63) is 47.2 Å². The monoisotopic (exact) mass is 359 g/mol. The van der Waals surface area contributed by atoms with Gasteiger partial charge in [0.15, 0.2) is 0 Å². The van der Waals surface area contributed by atoms with Crippen molar-refractivity contribution in [3.63, 3.8) is 0 Å². The van der Waals surface area contributed by atoms with Crippen LogP contribution in [0.3, 0.4) is 0 Å². The minimum absolute atomic E-state index is 0.0505. The van der Waals surface area contributed by atoms with Crippen LogP contribution in [0.4, 0.5) is 5.69 Å². The van der Waals surface area contributed by atoms with E-state index in [0.717, 1.165) is 50.0 Å². The second-order valence-electron chi connectivity index (χ2n) is 6.98. The molecule has 6 heteroatoms. The summed E-state index contributed by atoms with van der Waals surface area (Å²) in [6.07, 6.45) is 8.45. The van der Waals surface area contributed by atoms with Crippen molar-refractivity contribution in [2.24, 2.45) is 0 Å². The van der Waals surface area contributed by atoms with E-state index < -0.39 is 5.41 Å². The summed E-state index contributed by atoms with van der Waals surface area (Å²) in [5, 5.41) is 8.17. The molecular weight excluding hydrogens is 338 g/mol. The van der Waals surface area contributed by atoms with Crippen molar-refractivity contribution in [1.29, 1.82) is 0 Å². The van der Waals surface area contributed by atoms with Crippen LogP contribution in [0, 0.1) is 0 Å². The summed E-state index contributed by atoms with van der Waals surface area (Å²) < 4.78 is 7.30. The Morgan fingerprint density at radius 1 is 1.28 bits per heavy atom. The van der Waals surface area contributed by atoms with Crippen molar-refractivity contribution in [3.8, 4) is 0 Å². The van der Waals surface area contributed by atoms with E-state index in [0.29, 0.717) is 11.6 Å². The van der Waals surface area contributed by atoms with Crippen LogP contribution in [-0.4, -0.2) is 28.9 Å². The van der Waals surface area contributed by atoms with Crippen LogP contribution in [0.5, 0.6) is 0 Å². The topological polar surface area (TPSA) is 56.2 Å². The third-order valence-corrected chi connectivity index (χ3v) is 5.68. The van der Waals surface area contributed by atoms with Crippen molar-refractivity contribution < 1.29 is 9.53 Å². The molecule has 2 aromatic rings. The van der Waals surface area contributed by atoms with E-state index in [1.54, 1.807) is 6.20 Å². The first-order chi connectivity index (χ1) is 12.2. The number of nitrogens with zero attached hydrogens (tertiary/aromatic N) is 2. The van der Waals surface area contributed by atoms with Gasteiger partial charge >= 0.3 is 0 Å². The number of hydrogen-bond acceptors (Lipinski definition) is 3. The predicted octanol–water partition coefficient (Wildman–Crippen LogP) is 3.95. The van der Waals surface area contributed by atoms with Gasteiger partial charge in [-0.05, 0) is 37.0 Å². The Morgan fingerprint density at radius 2 is 2.04 bits per heavy atom. The average Bonchev–Trinajstić information content (AvgIpc) is 3.37. The maximum Gasteiger partial charge on any atom is 0.235 e. The van der Waals surface area contributed by atoms with Crippen LogP contribution in [0.1, 0.15) is 43.7 Å². The molecule has 1 aliphatic carbocycles. The molecule has 2 fully saturated rings. The standard InChI is InChI=1S/C19H22ClN3O2/c20-15-5-3-14(4-6-15)19(8-1-2-9-19)18(24)22-16-11-21-23(12-16)17-7-10-25-13-17/h3-6,11-12,17H,1-2,7-10,13H2,(H,22,24)/t17-/m0/s1. The average molecular weight is 360 g/mol. The van der Waals surface area contributed by atoms with Gasteiger partial charge in [0, 0.05) is 17.8 Å². The highest BCUT2D eigenvalue weighted by Crippen LogP contribution is 2.42. The van der Waals surface area contributed by atoms with Gasteiger partial charge in [-0.3, -0.25) is 9.48 Å². The van der Waals surface area contributed by atoms with Gasteiger partial charge in [-0.1, -0.05) is 36.6 Å². The molecule has 4 rings (SSSR count). The summed E-state index contributed by atoms with van der Waals surface area (Å²) in [5.41, 5.74) is 1.32. The van der Waals surface area contributed by atoms with Gasteiger partial charge in [-0.15, -0.1) is 0 Å². The molecule has 1 aliphatic heterocycles. The minimum atomic E-state index is -0.469. The summed E-state index contributed by atoms with van der Waals surface area (Å²) in [5.74, 6) is 0.0505. The van der Waals surface area contributed by atoms with Crippen LogP contribution >= 0.6 is 11.6 Å². The Kier molecular flexibility index (Phi) is 4.52. The fourth-order valence-corrected chi connectivity index (χ4v) is 4.10. The number of ether oxygens (including phenoxy) is 1. The van der Waals surface area contributed by atoms with Gasteiger partial charge in [0.05, 0.1) is 29.9 Å². The number of amides is 1. The molecule has 1 aromatic carbocycles. The molecule has 1 saturated heterocycles. The van der Waals surface area contributed by atoms with Crippen molar-refractivity contribution >= 4 is 23.2 Å². The maximum absolute atomic E-state index is 13.1. The van der Waals surface area contributed by atoms with Crippen LogP contribution in [0.2, 0.25) is 5.02 Å². The lowest BCUT2D eigenvalue weighted by Gasteiger charge is -2.28. The highest BCUT2D eigenvalue weighted by molar-refractivity contribution is 6.30. The molecule has 0 bridgehead atoms. The lowest BCUT2D eigenvalue weighted by atomic mass is 9.78. The zero-order valence-corrected chi connectivity index (χ0v) is 14.8. The lowest BCUT2D eigenvalue weighted by Crippen LogP contribution is -2.37. The van der Waals surface area contributed by atoms with Gasteiger partial charge in [0.1, 0.15) is 0 Å². The van der Waals surface area contributed by atoms with Gasteiger partial charge in [0.25, 0.3) is 0 Å². The SMILES string of the molecule is O=C(Nc1cnn([C@H]2CCOC2)c1)C1(c2ccc(Cl)cc2)CCCC1. The first-order valence-corrected chi connectivity index (χ1v) is 9.25. The zero-order valence-electron chi connectivity index (χ0n) is 14.1. The maximum atomic E-state index is 13.1. The Bertz CT molecular complexity index is 744. The third-order valence-electron chi connectivity index (χ3n) is 5.43. The number of hydrogen-bond donors (Lipinski definition) is 1. The smallest absolute Gasteiger partial charge is 0.235 e. The molecule has 1 N–H and O–H groups in total. The Balaban J connectivity index is 1.54. The molecule has 1 saturated carbocycles. The first-order valence-electron chi connectivity index (χ1n) is 8.87. The first kappa shape index (κ1) is 16.6. The van der Waals surface area contributed by atoms with E-state index in [1.807, 2.05) is 35.1 Å². The van der Waals surface area contributed by atoms with Crippen molar-refractivity contribution in [2.75, 3.05) is 18.5 Å². The molecule has 25 heavy (non-hydrogen) atoms. The number of carbonyl (C=O) groups excluding carboxylic acids is 1. The number of anilines is 1.